The van der Waals surface area contributed by atoms with E-state index in [0.717, 1.165) is 16.8 Å². The van der Waals surface area contributed by atoms with Gasteiger partial charge < -0.3 is 19.4 Å². The Labute approximate surface area is 178 Å². The average Bonchev–Trinajstić information content (AvgIpc) is 3.25. The molecule has 160 valence electrons. The molecule has 0 aliphatic carbocycles. The van der Waals surface area contributed by atoms with Crippen molar-refractivity contribution in [3.05, 3.63) is 46.5 Å². The number of amides is 1. The summed E-state index contributed by atoms with van der Waals surface area (Å²) in [5, 5.41) is 13.0. The second-order valence-corrected chi connectivity index (χ2v) is 8.32. The Kier molecular flexibility index (Phi) is 6.78. The third-order valence-corrected chi connectivity index (χ3v) is 5.32. The summed E-state index contributed by atoms with van der Waals surface area (Å²) in [4.78, 5) is 19.4. The van der Waals surface area contributed by atoms with Gasteiger partial charge in [-0.3, -0.25) is 4.79 Å². The number of aromatic nitrogens is 1. The number of hydrogen-bond donors (Lipinski definition) is 1. The van der Waals surface area contributed by atoms with Crippen LogP contribution in [0, 0.1) is 11.3 Å². The van der Waals surface area contributed by atoms with Gasteiger partial charge in [0.25, 0.3) is 5.91 Å². The third kappa shape index (κ3) is 4.49. The summed E-state index contributed by atoms with van der Waals surface area (Å²) in [5.41, 5.74) is 3.71. The molecule has 2 aromatic heterocycles. The molecule has 1 atom stereocenters. The number of nitriles is 1. The molecule has 1 aliphatic heterocycles. The second kappa shape index (κ2) is 9.31. The van der Waals surface area contributed by atoms with Gasteiger partial charge in [-0.2, -0.15) is 5.26 Å². The number of ether oxygens (including phenoxy) is 1. The third-order valence-electron chi connectivity index (χ3n) is 5.32. The number of hydrogen-bond acceptors (Lipinski definition) is 6. The molecule has 0 saturated heterocycles. The molecular weight excluding hydrogens is 380 g/mol. The number of carbonyl (C=O) groups is 1. The van der Waals surface area contributed by atoms with Crippen molar-refractivity contribution in [3.63, 3.8) is 0 Å². The number of anilines is 1. The highest BCUT2D eigenvalue weighted by atomic mass is 16.5. The zero-order chi connectivity index (χ0) is 21.8. The number of pyridine rings is 1. The molecule has 3 heterocycles. The van der Waals surface area contributed by atoms with Gasteiger partial charge in [-0.15, -0.1) is 0 Å². The summed E-state index contributed by atoms with van der Waals surface area (Å²) >= 11 is 0. The molecule has 30 heavy (non-hydrogen) atoms. The van der Waals surface area contributed by atoms with Crippen molar-refractivity contribution in [2.75, 3.05) is 18.1 Å². The summed E-state index contributed by atoms with van der Waals surface area (Å²) in [6.07, 6.45) is 2.19. The number of nitrogens with one attached hydrogen (secondary N) is 1. The highest BCUT2D eigenvalue weighted by Gasteiger charge is 2.28. The minimum absolute atomic E-state index is 0.102. The van der Waals surface area contributed by atoms with Gasteiger partial charge in [0.05, 0.1) is 30.7 Å². The normalized spacial score (nSPS) is 14.3. The van der Waals surface area contributed by atoms with Crippen molar-refractivity contribution in [2.45, 2.75) is 65.6 Å². The van der Waals surface area contributed by atoms with E-state index >= 15 is 0 Å². The lowest BCUT2D eigenvalue weighted by Crippen LogP contribution is -2.45. The van der Waals surface area contributed by atoms with E-state index < -0.39 is 0 Å². The predicted molar refractivity (Wildman–Crippen MR) is 115 cm³/mol. The van der Waals surface area contributed by atoms with Gasteiger partial charge in [-0.05, 0) is 50.8 Å². The van der Waals surface area contributed by atoms with E-state index in [-0.39, 0.29) is 29.7 Å². The summed E-state index contributed by atoms with van der Waals surface area (Å²) < 4.78 is 10.8. The maximum absolute atomic E-state index is 12.4. The first-order chi connectivity index (χ1) is 14.3. The molecule has 0 fully saturated rings. The fraction of sp³-hybridized carbons (Fsp3) is 0.522. The van der Waals surface area contributed by atoms with E-state index in [2.05, 4.69) is 44.0 Å². The Hall–Kier alpha value is -2.85. The minimum Gasteiger partial charge on any atom is -0.459 e. The zero-order valence-electron chi connectivity index (χ0n) is 18.4. The lowest BCUT2D eigenvalue weighted by molar-refractivity contribution is 0.0912. The Balaban J connectivity index is 1.94. The van der Waals surface area contributed by atoms with Gasteiger partial charge in [0.2, 0.25) is 0 Å². The smallest absolute Gasteiger partial charge is 0.287 e. The number of nitrogens with zero attached hydrogens (tertiary/aromatic N) is 3. The van der Waals surface area contributed by atoms with Crippen LogP contribution in [-0.2, 0) is 17.8 Å². The molecule has 7 heteroatoms. The van der Waals surface area contributed by atoms with Gasteiger partial charge in [0.1, 0.15) is 11.9 Å². The summed E-state index contributed by atoms with van der Waals surface area (Å²) in [6.45, 7) is 11.9. The van der Waals surface area contributed by atoms with Crippen LogP contribution in [0.25, 0.3) is 0 Å². The van der Waals surface area contributed by atoms with Crippen LogP contribution in [-0.4, -0.2) is 36.1 Å². The van der Waals surface area contributed by atoms with Crippen molar-refractivity contribution in [2.24, 2.45) is 0 Å². The van der Waals surface area contributed by atoms with E-state index in [1.165, 1.54) is 6.26 Å². The molecule has 7 nitrogen and oxygen atoms in total. The molecule has 0 aromatic carbocycles. The van der Waals surface area contributed by atoms with Crippen LogP contribution in [0.5, 0.6) is 0 Å². The summed E-state index contributed by atoms with van der Waals surface area (Å²) in [6, 6.07) is 5.66. The topological polar surface area (TPSA) is 91.4 Å². The molecule has 1 aliphatic rings. The molecule has 2 aromatic rings. The SMILES string of the molecule is CC(CN(c1nc(C(C)C)c2c(c1C#N)CCOC2)C(C)C)NC(=O)c1ccco1. The van der Waals surface area contributed by atoms with Crippen molar-refractivity contribution in [3.8, 4) is 6.07 Å². The first-order valence-electron chi connectivity index (χ1n) is 10.5. The molecular formula is C23H30N4O3. The minimum atomic E-state index is -0.255. The Morgan fingerprint density at radius 1 is 1.30 bits per heavy atom. The lowest BCUT2D eigenvalue weighted by atomic mass is 9.92. The van der Waals surface area contributed by atoms with Gasteiger partial charge >= 0.3 is 0 Å². The van der Waals surface area contributed by atoms with Crippen LogP contribution < -0.4 is 10.2 Å². The zero-order valence-corrected chi connectivity index (χ0v) is 18.4. The van der Waals surface area contributed by atoms with E-state index in [9.17, 15) is 10.1 Å². The van der Waals surface area contributed by atoms with Gasteiger partial charge in [-0.25, -0.2) is 4.98 Å². The molecule has 3 rings (SSSR count). The first kappa shape index (κ1) is 21.8. The first-order valence-corrected chi connectivity index (χ1v) is 10.5. The number of rotatable bonds is 7. The standard InChI is InChI=1S/C23H30N4O3/c1-14(2)21-19-13-29-10-8-17(19)18(11-24)22(26-21)27(15(3)4)12-16(5)25-23(28)20-7-6-9-30-20/h6-7,9,14-16H,8,10,12-13H2,1-5H3,(H,25,28). The van der Waals surface area contributed by atoms with Crippen molar-refractivity contribution in [1.29, 1.82) is 5.26 Å². The van der Waals surface area contributed by atoms with E-state index in [0.29, 0.717) is 37.6 Å². The second-order valence-electron chi connectivity index (χ2n) is 8.32. The van der Waals surface area contributed by atoms with Crippen LogP contribution in [0.15, 0.2) is 22.8 Å². The van der Waals surface area contributed by atoms with E-state index in [4.69, 9.17) is 14.1 Å². The molecule has 1 N–H and O–H groups in total. The van der Waals surface area contributed by atoms with Crippen molar-refractivity contribution < 1.29 is 13.9 Å². The van der Waals surface area contributed by atoms with Gasteiger partial charge in [0.15, 0.2) is 5.76 Å². The Bertz CT molecular complexity index is 929. The largest absolute Gasteiger partial charge is 0.459 e. The average molecular weight is 411 g/mol. The highest BCUT2D eigenvalue weighted by Crippen LogP contribution is 2.33. The Morgan fingerprint density at radius 2 is 2.07 bits per heavy atom. The summed E-state index contributed by atoms with van der Waals surface area (Å²) in [5.74, 6) is 0.938. The molecule has 1 unspecified atom stereocenters. The van der Waals surface area contributed by atoms with Gasteiger partial charge in [-0.1, -0.05) is 13.8 Å². The fourth-order valence-electron chi connectivity index (χ4n) is 3.85. The maximum atomic E-state index is 12.4. The van der Waals surface area contributed by atoms with E-state index in [1.54, 1.807) is 12.1 Å². The molecule has 0 radical (unpaired) electrons. The van der Waals surface area contributed by atoms with Crippen molar-refractivity contribution in [1.82, 2.24) is 10.3 Å². The molecule has 0 spiro atoms. The lowest BCUT2D eigenvalue weighted by Gasteiger charge is -2.34. The highest BCUT2D eigenvalue weighted by molar-refractivity contribution is 5.91. The number of furan rings is 1. The van der Waals surface area contributed by atoms with Crippen LogP contribution in [0.1, 0.15) is 73.5 Å². The quantitative estimate of drug-likeness (QED) is 0.747. The summed E-state index contributed by atoms with van der Waals surface area (Å²) in [7, 11) is 0. The Morgan fingerprint density at radius 3 is 2.67 bits per heavy atom. The van der Waals surface area contributed by atoms with Crippen LogP contribution in [0.4, 0.5) is 5.82 Å². The van der Waals surface area contributed by atoms with Gasteiger partial charge in [0, 0.05) is 24.2 Å². The van der Waals surface area contributed by atoms with Crippen LogP contribution >= 0.6 is 0 Å². The molecule has 0 saturated carbocycles. The molecule has 0 bridgehead atoms. The van der Waals surface area contributed by atoms with Crippen LogP contribution in [0.2, 0.25) is 0 Å². The molecule has 1 amide bonds. The number of fused-ring (bicyclic) bond motifs is 1. The fourth-order valence-corrected chi connectivity index (χ4v) is 3.85. The maximum Gasteiger partial charge on any atom is 0.287 e. The predicted octanol–water partition coefficient (Wildman–Crippen LogP) is 3.78. The monoisotopic (exact) mass is 410 g/mol. The van der Waals surface area contributed by atoms with Crippen molar-refractivity contribution >= 4 is 11.7 Å². The number of carbonyl (C=O) groups excluding carboxylic acids is 1. The van der Waals surface area contributed by atoms with E-state index in [1.807, 2.05) is 6.92 Å². The van der Waals surface area contributed by atoms with Crippen LogP contribution in [0.3, 0.4) is 0 Å².